The number of thiol groups is 2. The Hall–Kier alpha value is -6.39. The number of carbonyl (C=O) groups excluding carboxylic acids is 8. The molecule has 0 unspecified atom stereocenters. The van der Waals surface area contributed by atoms with Gasteiger partial charge in [0.05, 0.1) is 25.0 Å². The number of aliphatic hydroxyl groups excluding tert-OH is 1. The summed E-state index contributed by atoms with van der Waals surface area (Å²) in [5.74, 6) is -12.9. The molecule has 0 radical (unpaired) electrons. The van der Waals surface area contributed by atoms with Crippen molar-refractivity contribution >= 4 is 90.4 Å². The van der Waals surface area contributed by atoms with Crippen molar-refractivity contribution in [3.63, 3.8) is 0 Å². The second kappa shape index (κ2) is 29.3. The van der Waals surface area contributed by atoms with Crippen molar-refractivity contribution in [2.75, 3.05) is 18.1 Å². The number of guanidine groups is 1. The zero-order valence-corrected chi connectivity index (χ0v) is 38.8. The first-order valence-corrected chi connectivity index (χ1v) is 22.0. The van der Waals surface area contributed by atoms with E-state index in [0.29, 0.717) is 5.56 Å². The number of nitrogens with zero attached hydrogens (tertiary/aromatic N) is 1. The molecular formula is C39H62N12O14S2. The molecule has 19 N–H and O–H groups in total. The number of amides is 8. The van der Waals surface area contributed by atoms with E-state index in [1.807, 2.05) is 0 Å². The van der Waals surface area contributed by atoms with E-state index in [4.69, 9.17) is 28.0 Å². The minimum Gasteiger partial charge on any atom is -0.508 e. The number of benzene rings is 1. The molecule has 0 spiro atoms. The Labute approximate surface area is 396 Å². The molecule has 374 valence electrons. The molecule has 0 heterocycles. The second-order valence-electron chi connectivity index (χ2n) is 15.3. The van der Waals surface area contributed by atoms with Crippen LogP contribution in [-0.2, 0) is 54.4 Å². The Morgan fingerprint density at radius 2 is 1.10 bits per heavy atom. The highest BCUT2D eigenvalue weighted by molar-refractivity contribution is 7.80. The molecule has 0 aliphatic heterocycles. The van der Waals surface area contributed by atoms with E-state index >= 15 is 0 Å². The third-order valence-electron chi connectivity index (χ3n) is 9.83. The van der Waals surface area contributed by atoms with E-state index in [2.05, 4.69) is 67.5 Å². The number of aliphatic carboxylic acids is 2. The quantitative estimate of drug-likeness (QED) is 0.0148. The van der Waals surface area contributed by atoms with Crippen molar-refractivity contribution in [3.05, 3.63) is 29.8 Å². The average Bonchev–Trinajstić information content (AvgIpc) is 3.25. The number of carboxylic acid groups (broad SMARTS) is 2. The smallest absolute Gasteiger partial charge is 0.326 e. The van der Waals surface area contributed by atoms with Gasteiger partial charge in [-0.2, -0.15) is 25.3 Å². The van der Waals surface area contributed by atoms with Crippen LogP contribution in [0.3, 0.4) is 0 Å². The van der Waals surface area contributed by atoms with Gasteiger partial charge in [-0.05, 0) is 43.4 Å². The van der Waals surface area contributed by atoms with Crippen molar-refractivity contribution in [2.24, 2.45) is 33.8 Å². The van der Waals surface area contributed by atoms with E-state index < -0.39 is 138 Å². The maximum Gasteiger partial charge on any atom is 0.326 e. The first-order chi connectivity index (χ1) is 31.3. The first-order valence-electron chi connectivity index (χ1n) is 20.7. The SMILES string of the molecule is CC[C@H](C)[C@H](NC(=O)[C@H](Cc1ccc(O)cc1)NC(=O)[C@H](CC(N)=O)NC(=O)[C@H](CS)NC(=O)[C@H](CS)NC(=O)[C@@H](N)CC(=O)O)C(=O)N[C@H](C(=O)N[C@@H](CCCN=C(N)N)C(=O)O)[C@@H](C)O. The van der Waals surface area contributed by atoms with Gasteiger partial charge in [-0.25, -0.2) is 4.79 Å². The van der Waals surface area contributed by atoms with Gasteiger partial charge < -0.3 is 80.6 Å². The molecule has 67 heavy (non-hydrogen) atoms. The van der Waals surface area contributed by atoms with Gasteiger partial charge in [-0.1, -0.05) is 32.4 Å². The lowest BCUT2D eigenvalue weighted by Crippen LogP contribution is -2.62. The normalized spacial score (nSPS) is 15.4. The standard InChI is InChI=1S/C39H62N12O14S2/c1-4-17(2)29(36(62)51-30(18(3)52)37(63)45-22(38(64)65)6-5-11-44-39(42)43)50-33(59)23(12-19-7-9-20(53)10-8-19)46-32(58)24(14-27(41)54)47-34(60)26(16-67)49-35(61)25(15-66)48-31(57)21(40)13-28(55)56/h7-10,17-18,21-26,29-30,52-53,66-67H,4-6,11-16,40H2,1-3H3,(H2,41,54)(H,45,63)(H,46,58)(H,47,60)(H,48,57)(H,49,61)(H,50,59)(H,51,62)(H,55,56)(H,64,65)(H4,42,43,44)/t17-,18+,21-,22-,23-,24-,25-,26-,29-,30-/m0/s1. The van der Waals surface area contributed by atoms with Gasteiger partial charge in [-0.15, -0.1) is 0 Å². The molecule has 8 amide bonds. The molecule has 0 bridgehead atoms. The van der Waals surface area contributed by atoms with Crippen LogP contribution in [0.15, 0.2) is 29.3 Å². The summed E-state index contributed by atoms with van der Waals surface area (Å²) in [7, 11) is 0. The Morgan fingerprint density at radius 3 is 1.58 bits per heavy atom. The number of rotatable bonds is 30. The van der Waals surface area contributed by atoms with Crippen molar-refractivity contribution in [3.8, 4) is 5.75 Å². The zero-order valence-electron chi connectivity index (χ0n) is 37.0. The topological polar surface area (TPSA) is 452 Å². The van der Waals surface area contributed by atoms with Crippen LogP contribution in [0.1, 0.15) is 58.4 Å². The van der Waals surface area contributed by atoms with Crippen LogP contribution in [0.25, 0.3) is 0 Å². The summed E-state index contributed by atoms with van der Waals surface area (Å²) in [4.78, 5) is 133. The summed E-state index contributed by atoms with van der Waals surface area (Å²) in [5.41, 5.74) is 21.9. The zero-order chi connectivity index (χ0) is 51.1. The number of aliphatic imine (C=N–C) groups is 1. The van der Waals surface area contributed by atoms with E-state index in [-0.39, 0.29) is 49.7 Å². The Balaban J connectivity index is 3.43. The Kier molecular flexibility index (Phi) is 25.6. The van der Waals surface area contributed by atoms with Crippen LogP contribution >= 0.6 is 25.3 Å². The van der Waals surface area contributed by atoms with Crippen molar-refractivity contribution in [1.82, 2.24) is 37.2 Å². The summed E-state index contributed by atoms with van der Waals surface area (Å²) < 4.78 is 0. The molecule has 0 aliphatic carbocycles. The number of phenolic OH excluding ortho intramolecular Hbond substituents is 1. The van der Waals surface area contributed by atoms with Crippen LogP contribution in [0.4, 0.5) is 0 Å². The van der Waals surface area contributed by atoms with Crippen molar-refractivity contribution in [1.29, 1.82) is 0 Å². The summed E-state index contributed by atoms with van der Waals surface area (Å²) >= 11 is 8.10. The fourth-order valence-corrected chi connectivity index (χ4v) is 6.39. The molecule has 0 fully saturated rings. The van der Waals surface area contributed by atoms with E-state index in [1.165, 1.54) is 24.3 Å². The lowest BCUT2D eigenvalue weighted by molar-refractivity contribution is -0.143. The Morgan fingerprint density at radius 1 is 0.642 bits per heavy atom. The number of hydrogen-bond acceptors (Lipinski definition) is 16. The van der Waals surface area contributed by atoms with E-state index in [0.717, 1.165) is 6.92 Å². The third kappa shape index (κ3) is 21.2. The number of aliphatic hydroxyl groups is 1. The number of hydrogen-bond donors (Lipinski definition) is 17. The monoisotopic (exact) mass is 986 g/mol. The van der Waals surface area contributed by atoms with Gasteiger partial charge in [-0.3, -0.25) is 48.1 Å². The lowest BCUT2D eigenvalue weighted by Gasteiger charge is -2.30. The molecule has 1 aromatic carbocycles. The van der Waals surface area contributed by atoms with Gasteiger partial charge in [0.25, 0.3) is 0 Å². The second-order valence-corrected chi connectivity index (χ2v) is 16.0. The van der Waals surface area contributed by atoms with Crippen LogP contribution in [0.5, 0.6) is 5.75 Å². The molecule has 0 aromatic heterocycles. The molecule has 0 saturated heterocycles. The average molecular weight is 987 g/mol. The highest BCUT2D eigenvalue weighted by Gasteiger charge is 2.37. The minimum absolute atomic E-state index is 0.0529. The first kappa shape index (κ1) is 58.6. The Bertz CT molecular complexity index is 1940. The number of primary amides is 1. The number of carboxylic acids is 2. The van der Waals surface area contributed by atoms with Gasteiger partial charge in [0.15, 0.2) is 5.96 Å². The number of carbonyl (C=O) groups is 10. The van der Waals surface area contributed by atoms with E-state index in [1.54, 1.807) is 13.8 Å². The molecule has 0 saturated carbocycles. The fraction of sp³-hybridized carbons (Fsp3) is 0.564. The number of aromatic hydroxyl groups is 1. The summed E-state index contributed by atoms with van der Waals surface area (Å²) in [6.45, 7) is 4.46. The maximum atomic E-state index is 14.1. The van der Waals surface area contributed by atoms with Gasteiger partial charge in [0.2, 0.25) is 47.3 Å². The molecular weight excluding hydrogens is 925 g/mol. The molecule has 0 aliphatic rings. The van der Waals surface area contributed by atoms with Crippen LogP contribution in [0, 0.1) is 5.92 Å². The number of phenols is 1. The number of nitrogens with two attached hydrogens (primary N) is 4. The predicted octanol–water partition coefficient (Wildman–Crippen LogP) is -5.57. The lowest BCUT2D eigenvalue weighted by atomic mass is 9.96. The predicted molar refractivity (Wildman–Crippen MR) is 246 cm³/mol. The van der Waals surface area contributed by atoms with Gasteiger partial charge in [0.1, 0.15) is 48.0 Å². The molecule has 26 nitrogen and oxygen atoms in total. The fourth-order valence-electron chi connectivity index (χ4n) is 5.88. The van der Waals surface area contributed by atoms with Crippen LogP contribution < -0.4 is 60.2 Å². The van der Waals surface area contributed by atoms with E-state index in [9.17, 15) is 63.3 Å². The minimum atomic E-state index is -1.80. The summed E-state index contributed by atoms with van der Waals surface area (Å²) in [6, 6.07) is -7.11. The summed E-state index contributed by atoms with van der Waals surface area (Å²) in [5, 5.41) is 55.4. The molecule has 10 atom stereocenters. The van der Waals surface area contributed by atoms with Crippen molar-refractivity contribution < 1.29 is 68.4 Å². The largest absolute Gasteiger partial charge is 0.508 e. The number of nitrogens with one attached hydrogen (secondary N) is 7. The van der Waals surface area contributed by atoms with Crippen LogP contribution in [-0.4, -0.2) is 158 Å². The highest BCUT2D eigenvalue weighted by atomic mass is 32.1. The molecule has 1 rings (SSSR count). The molecule has 1 aromatic rings. The van der Waals surface area contributed by atoms with Gasteiger partial charge in [0, 0.05) is 24.5 Å². The van der Waals surface area contributed by atoms with Crippen molar-refractivity contribution in [2.45, 2.75) is 114 Å². The van der Waals surface area contributed by atoms with Crippen LogP contribution in [0.2, 0.25) is 0 Å². The van der Waals surface area contributed by atoms with Gasteiger partial charge >= 0.3 is 11.9 Å². The molecule has 28 heteroatoms. The summed E-state index contributed by atoms with van der Waals surface area (Å²) in [6.07, 6.45) is -3.21. The third-order valence-corrected chi connectivity index (χ3v) is 10.6. The maximum absolute atomic E-state index is 14.1. The highest BCUT2D eigenvalue weighted by Crippen LogP contribution is 2.14.